The van der Waals surface area contributed by atoms with Gasteiger partial charge in [-0.25, -0.2) is 0 Å². The zero-order chi connectivity index (χ0) is 9.19. The molecule has 0 aliphatic heterocycles. The predicted molar refractivity (Wildman–Crippen MR) is 48.7 cm³/mol. The van der Waals surface area contributed by atoms with Crippen molar-refractivity contribution >= 4 is 5.91 Å². The van der Waals surface area contributed by atoms with Crippen LogP contribution in [-0.4, -0.2) is 17.5 Å². The highest BCUT2D eigenvalue weighted by Crippen LogP contribution is 2.34. The molecular weight excluding hydrogens is 152 g/mol. The molecule has 0 heterocycles. The van der Waals surface area contributed by atoms with Crippen molar-refractivity contribution in [1.29, 1.82) is 0 Å². The van der Waals surface area contributed by atoms with Gasteiger partial charge >= 0.3 is 0 Å². The topological polar surface area (TPSA) is 55.1 Å². The third-order valence-corrected chi connectivity index (χ3v) is 2.41. The molecule has 0 aromatic rings. The van der Waals surface area contributed by atoms with Crippen LogP contribution in [0.4, 0.5) is 0 Å². The Hall–Kier alpha value is -0.570. The maximum Gasteiger partial charge on any atom is 0.221 e. The smallest absolute Gasteiger partial charge is 0.221 e. The van der Waals surface area contributed by atoms with Gasteiger partial charge in [0.15, 0.2) is 0 Å². The Morgan fingerprint density at radius 2 is 2.25 bits per heavy atom. The minimum atomic E-state index is 0.0207. The predicted octanol–water partition coefficient (Wildman–Crippen LogP) is 0.782. The van der Waals surface area contributed by atoms with Crippen LogP contribution in [0.3, 0.4) is 0 Å². The normalized spacial score (nSPS) is 21.6. The lowest BCUT2D eigenvalue weighted by Crippen LogP contribution is -2.37. The van der Waals surface area contributed by atoms with Gasteiger partial charge in [-0.05, 0) is 26.2 Å². The van der Waals surface area contributed by atoms with Crippen LogP contribution in [-0.2, 0) is 4.79 Å². The molecule has 0 spiro atoms. The van der Waals surface area contributed by atoms with Crippen LogP contribution in [0.15, 0.2) is 0 Å². The molecule has 0 aromatic heterocycles. The summed E-state index contributed by atoms with van der Waals surface area (Å²) in [7, 11) is 0. The first-order chi connectivity index (χ1) is 5.56. The minimum Gasteiger partial charge on any atom is -0.351 e. The number of carbonyl (C=O) groups is 1. The molecule has 3 heteroatoms. The first kappa shape index (κ1) is 9.52. The maximum atomic E-state index is 11.3. The first-order valence-corrected chi connectivity index (χ1v) is 4.62. The SMILES string of the molecule is CCC(N)CC(=O)NC1(C)CC1. The van der Waals surface area contributed by atoms with Crippen LogP contribution in [0.25, 0.3) is 0 Å². The molecule has 1 aliphatic carbocycles. The molecule has 70 valence electrons. The van der Waals surface area contributed by atoms with E-state index in [0.29, 0.717) is 6.42 Å². The molecule has 1 saturated carbocycles. The Labute approximate surface area is 73.7 Å². The largest absolute Gasteiger partial charge is 0.351 e. The second-order valence-electron chi connectivity index (χ2n) is 3.98. The molecule has 0 aromatic carbocycles. The molecule has 1 amide bonds. The van der Waals surface area contributed by atoms with Crippen LogP contribution >= 0.6 is 0 Å². The van der Waals surface area contributed by atoms with Crippen molar-refractivity contribution in [3.05, 3.63) is 0 Å². The fraction of sp³-hybridized carbons (Fsp3) is 0.889. The quantitative estimate of drug-likeness (QED) is 0.655. The number of hydrogen-bond acceptors (Lipinski definition) is 2. The molecular formula is C9H18N2O. The molecule has 1 unspecified atom stereocenters. The number of nitrogens with one attached hydrogen (secondary N) is 1. The fourth-order valence-electron chi connectivity index (χ4n) is 1.08. The van der Waals surface area contributed by atoms with Gasteiger partial charge in [-0.15, -0.1) is 0 Å². The van der Waals surface area contributed by atoms with Crippen molar-refractivity contribution < 1.29 is 4.79 Å². The van der Waals surface area contributed by atoms with Gasteiger partial charge in [0.05, 0.1) is 0 Å². The van der Waals surface area contributed by atoms with Gasteiger partial charge in [0.1, 0.15) is 0 Å². The molecule has 0 saturated heterocycles. The zero-order valence-electron chi connectivity index (χ0n) is 7.89. The van der Waals surface area contributed by atoms with Crippen LogP contribution < -0.4 is 11.1 Å². The minimum absolute atomic E-state index is 0.0207. The fourth-order valence-corrected chi connectivity index (χ4v) is 1.08. The van der Waals surface area contributed by atoms with E-state index in [1.165, 1.54) is 0 Å². The van der Waals surface area contributed by atoms with E-state index in [4.69, 9.17) is 5.73 Å². The maximum absolute atomic E-state index is 11.3. The van der Waals surface area contributed by atoms with Gasteiger partial charge in [0.2, 0.25) is 5.91 Å². The van der Waals surface area contributed by atoms with Gasteiger partial charge in [0, 0.05) is 18.0 Å². The number of nitrogens with two attached hydrogens (primary N) is 1. The summed E-state index contributed by atoms with van der Waals surface area (Å²) < 4.78 is 0. The lowest BCUT2D eigenvalue weighted by atomic mass is 10.1. The highest BCUT2D eigenvalue weighted by atomic mass is 16.1. The van der Waals surface area contributed by atoms with Crippen molar-refractivity contribution in [3.63, 3.8) is 0 Å². The van der Waals surface area contributed by atoms with Gasteiger partial charge in [-0.1, -0.05) is 6.92 Å². The summed E-state index contributed by atoms with van der Waals surface area (Å²) in [4.78, 5) is 11.3. The summed E-state index contributed by atoms with van der Waals surface area (Å²) in [5, 5.41) is 2.98. The average molecular weight is 170 g/mol. The second kappa shape index (κ2) is 3.44. The standard InChI is InChI=1S/C9H18N2O/c1-3-7(10)6-8(12)11-9(2)4-5-9/h7H,3-6,10H2,1-2H3,(H,11,12). The summed E-state index contributed by atoms with van der Waals surface area (Å²) >= 11 is 0. The van der Waals surface area contributed by atoms with Crippen molar-refractivity contribution in [3.8, 4) is 0 Å². The summed E-state index contributed by atoms with van der Waals surface area (Å²) in [6.07, 6.45) is 3.55. The zero-order valence-corrected chi connectivity index (χ0v) is 7.89. The van der Waals surface area contributed by atoms with E-state index in [1.807, 2.05) is 6.92 Å². The number of rotatable bonds is 4. The third-order valence-electron chi connectivity index (χ3n) is 2.41. The molecule has 12 heavy (non-hydrogen) atoms. The lowest BCUT2D eigenvalue weighted by Gasteiger charge is -2.13. The van der Waals surface area contributed by atoms with E-state index < -0.39 is 0 Å². The van der Waals surface area contributed by atoms with Crippen molar-refractivity contribution in [2.24, 2.45) is 5.73 Å². The highest BCUT2D eigenvalue weighted by molar-refractivity contribution is 5.77. The van der Waals surface area contributed by atoms with Gasteiger partial charge < -0.3 is 11.1 Å². The van der Waals surface area contributed by atoms with E-state index >= 15 is 0 Å². The van der Waals surface area contributed by atoms with Gasteiger partial charge in [0.25, 0.3) is 0 Å². The van der Waals surface area contributed by atoms with E-state index in [2.05, 4.69) is 12.2 Å². The lowest BCUT2D eigenvalue weighted by molar-refractivity contribution is -0.122. The van der Waals surface area contributed by atoms with Crippen LogP contribution in [0.1, 0.15) is 39.5 Å². The summed E-state index contributed by atoms with van der Waals surface area (Å²) in [5.41, 5.74) is 5.75. The Bertz CT molecular complexity index is 175. The highest BCUT2D eigenvalue weighted by Gasteiger charge is 2.38. The summed E-state index contributed by atoms with van der Waals surface area (Å²) in [5.74, 6) is 0.101. The van der Waals surface area contributed by atoms with Gasteiger partial charge in [-0.2, -0.15) is 0 Å². The van der Waals surface area contributed by atoms with Crippen molar-refractivity contribution in [2.75, 3.05) is 0 Å². The average Bonchev–Trinajstić information content (AvgIpc) is 2.67. The third kappa shape index (κ3) is 2.81. The molecule has 1 atom stereocenters. The Morgan fingerprint density at radius 3 is 2.67 bits per heavy atom. The number of hydrogen-bond donors (Lipinski definition) is 2. The molecule has 0 bridgehead atoms. The van der Waals surface area contributed by atoms with E-state index in [0.717, 1.165) is 19.3 Å². The molecule has 1 rings (SSSR count). The van der Waals surface area contributed by atoms with Crippen LogP contribution in [0.5, 0.6) is 0 Å². The second-order valence-corrected chi connectivity index (χ2v) is 3.98. The van der Waals surface area contributed by atoms with E-state index in [1.54, 1.807) is 0 Å². The molecule has 0 radical (unpaired) electrons. The molecule has 3 nitrogen and oxygen atoms in total. The Kier molecular flexibility index (Phi) is 2.73. The molecule has 1 fully saturated rings. The number of carbonyl (C=O) groups excluding carboxylic acids is 1. The van der Waals surface area contributed by atoms with Crippen LogP contribution in [0.2, 0.25) is 0 Å². The van der Waals surface area contributed by atoms with Crippen LogP contribution in [0, 0.1) is 0 Å². The van der Waals surface area contributed by atoms with Crippen molar-refractivity contribution in [2.45, 2.75) is 51.1 Å². The Balaban J connectivity index is 2.20. The first-order valence-electron chi connectivity index (χ1n) is 4.62. The molecule has 3 N–H and O–H groups in total. The van der Waals surface area contributed by atoms with Gasteiger partial charge in [-0.3, -0.25) is 4.79 Å². The monoisotopic (exact) mass is 170 g/mol. The summed E-state index contributed by atoms with van der Waals surface area (Å²) in [6, 6.07) is 0.0207. The Morgan fingerprint density at radius 1 is 1.67 bits per heavy atom. The van der Waals surface area contributed by atoms with Crippen molar-refractivity contribution in [1.82, 2.24) is 5.32 Å². The molecule has 1 aliphatic rings. The van der Waals surface area contributed by atoms with E-state index in [-0.39, 0.29) is 17.5 Å². The number of amides is 1. The summed E-state index contributed by atoms with van der Waals surface area (Å²) in [6.45, 7) is 4.07. The van der Waals surface area contributed by atoms with E-state index in [9.17, 15) is 4.79 Å².